The van der Waals surface area contributed by atoms with Gasteiger partial charge in [0.05, 0.1) is 5.02 Å². The molecule has 0 amide bonds. The van der Waals surface area contributed by atoms with Gasteiger partial charge in [-0.15, -0.1) is 0 Å². The standard InChI is InChI=1S/C11H13ClO/c12-10-7-9(5-6-11(10)13)8-3-1-2-4-8/h5-8,13H,1-4H2. The van der Waals surface area contributed by atoms with Crippen molar-refractivity contribution >= 4 is 11.6 Å². The Hall–Kier alpha value is -0.690. The van der Waals surface area contributed by atoms with E-state index in [4.69, 9.17) is 11.6 Å². The molecule has 0 aromatic heterocycles. The molecule has 2 heteroatoms. The van der Waals surface area contributed by atoms with Crippen molar-refractivity contribution in [3.63, 3.8) is 0 Å². The lowest BCUT2D eigenvalue weighted by Gasteiger charge is -2.09. The minimum Gasteiger partial charge on any atom is -0.506 e. The highest BCUT2D eigenvalue weighted by atomic mass is 35.5. The van der Waals surface area contributed by atoms with Crippen molar-refractivity contribution in [1.29, 1.82) is 0 Å². The van der Waals surface area contributed by atoms with Gasteiger partial charge in [-0.05, 0) is 36.5 Å². The molecule has 0 spiro atoms. The molecule has 0 aliphatic heterocycles. The summed E-state index contributed by atoms with van der Waals surface area (Å²) in [7, 11) is 0. The van der Waals surface area contributed by atoms with E-state index in [0.717, 1.165) is 0 Å². The van der Waals surface area contributed by atoms with Crippen LogP contribution in [0.5, 0.6) is 5.75 Å². The smallest absolute Gasteiger partial charge is 0.134 e. The Morgan fingerprint density at radius 1 is 1.23 bits per heavy atom. The van der Waals surface area contributed by atoms with Crippen LogP contribution in [0.25, 0.3) is 0 Å². The summed E-state index contributed by atoms with van der Waals surface area (Å²) < 4.78 is 0. The zero-order valence-corrected chi connectivity index (χ0v) is 8.22. The molecule has 0 atom stereocenters. The van der Waals surface area contributed by atoms with Crippen LogP contribution < -0.4 is 0 Å². The summed E-state index contributed by atoms with van der Waals surface area (Å²) in [6.45, 7) is 0. The number of benzene rings is 1. The van der Waals surface area contributed by atoms with Gasteiger partial charge in [0.2, 0.25) is 0 Å². The summed E-state index contributed by atoms with van der Waals surface area (Å²) in [4.78, 5) is 0. The van der Waals surface area contributed by atoms with E-state index in [1.165, 1.54) is 31.2 Å². The average molecular weight is 197 g/mol. The van der Waals surface area contributed by atoms with E-state index < -0.39 is 0 Å². The molecule has 1 aliphatic carbocycles. The van der Waals surface area contributed by atoms with Gasteiger partial charge in [-0.3, -0.25) is 0 Å². The molecule has 0 saturated heterocycles. The number of rotatable bonds is 1. The van der Waals surface area contributed by atoms with Crippen molar-refractivity contribution in [2.45, 2.75) is 31.6 Å². The van der Waals surface area contributed by atoms with Crippen molar-refractivity contribution in [1.82, 2.24) is 0 Å². The summed E-state index contributed by atoms with van der Waals surface area (Å²) in [6.07, 6.45) is 5.18. The molecule has 1 fully saturated rings. The van der Waals surface area contributed by atoms with Crippen LogP contribution in [-0.2, 0) is 0 Å². The van der Waals surface area contributed by atoms with Gasteiger partial charge in [0.1, 0.15) is 5.75 Å². The lowest BCUT2D eigenvalue weighted by Crippen LogP contribution is -1.91. The van der Waals surface area contributed by atoms with E-state index in [2.05, 4.69) is 0 Å². The number of halogens is 1. The Balaban J connectivity index is 2.25. The van der Waals surface area contributed by atoms with Gasteiger partial charge >= 0.3 is 0 Å². The molecule has 1 saturated carbocycles. The van der Waals surface area contributed by atoms with Crippen molar-refractivity contribution in [2.75, 3.05) is 0 Å². The maximum absolute atomic E-state index is 9.25. The third-order valence-corrected chi connectivity index (χ3v) is 3.10. The molecule has 1 nitrogen and oxygen atoms in total. The lowest BCUT2D eigenvalue weighted by atomic mass is 9.98. The Labute approximate surface area is 83.3 Å². The second-order valence-electron chi connectivity index (χ2n) is 3.69. The van der Waals surface area contributed by atoms with Crippen molar-refractivity contribution < 1.29 is 5.11 Å². The highest BCUT2D eigenvalue weighted by Gasteiger charge is 2.17. The molecular weight excluding hydrogens is 184 g/mol. The molecule has 1 N–H and O–H groups in total. The van der Waals surface area contributed by atoms with E-state index in [-0.39, 0.29) is 5.75 Å². The van der Waals surface area contributed by atoms with Crippen LogP contribution in [0, 0.1) is 0 Å². The topological polar surface area (TPSA) is 20.2 Å². The van der Waals surface area contributed by atoms with Gasteiger partial charge in [-0.1, -0.05) is 30.5 Å². The molecule has 0 radical (unpaired) electrons. The lowest BCUT2D eigenvalue weighted by molar-refractivity contribution is 0.475. The zero-order valence-electron chi connectivity index (χ0n) is 7.46. The number of hydrogen-bond donors (Lipinski definition) is 1. The monoisotopic (exact) mass is 196 g/mol. The molecule has 70 valence electrons. The minimum atomic E-state index is 0.184. The quantitative estimate of drug-likeness (QED) is 0.726. The van der Waals surface area contributed by atoms with Gasteiger partial charge in [0.25, 0.3) is 0 Å². The van der Waals surface area contributed by atoms with Crippen LogP contribution in [0.3, 0.4) is 0 Å². The molecule has 2 rings (SSSR count). The fourth-order valence-electron chi connectivity index (χ4n) is 2.04. The maximum atomic E-state index is 9.25. The first-order chi connectivity index (χ1) is 6.27. The van der Waals surface area contributed by atoms with E-state index in [9.17, 15) is 5.11 Å². The molecule has 1 aromatic rings. The molecular formula is C11H13ClO. The summed E-state index contributed by atoms with van der Waals surface area (Å²) in [5, 5.41) is 9.73. The third-order valence-electron chi connectivity index (χ3n) is 2.80. The van der Waals surface area contributed by atoms with Crippen LogP contribution in [0.15, 0.2) is 18.2 Å². The van der Waals surface area contributed by atoms with Crippen LogP contribution in [-0.4, -0.2) is 5.11 Å². The van der Waals surface area contributed by atoms with Crippen molar-refractivity contribution in [2.24, 2.45) is 0 Å². The number of hydrogen-bond acceptors (Lipinski definition) is 1. The predicted molar refractivity (Wildman–Crippen MR) is 54.3 cm³/mol. The molecule has 0 bridgehead atoms. The van der Waals surface area contributed by atoms with Gasteiger partial charge in [-0.25, -0.2) is 0 Å². The summed E-state index contributed by atoms with van der Waals surface area (Å²) in [5.41, 5.74) is 1.28. The van der Waals surface area contributed by atoms with E-state index in [1.54, 1.807) is 6.07 Å². The molecule has 1 aromatic carbocycles. The zero-order chi connectivity index (χ0) is 9.26. The summed E-state index contributed by atoms with van der Waals surface area (Å²) >= 11 is 5.84. The number of phenolic OH excluding ortho intramolecular Hbond substituents is 1. The number of aromatic hydroxyl groups is 1. The average Bonchev–Trinajstić information content (AvgIpc) is 2.62. The van der Waals surface area contributed by atoms with E-state index >= 15 is 0 Å². The minimum absolute atomic E-state index is 0.184. The molecule has 0 unspecified atom stereocenters. The van der Waals surface area contributed by atoms with Gasteiger partial charge in [0.15, 0.2) is 0 Å². The fraction of sp³-hybridized carbons (Fsp3) is 0.455. The van der Waals surface area contributed by atoms with E-state index in [0.29, 0.717) is 10.9 Å². The van der Waals surface area contributed by atoms with Crippen LogP contribution in [0.2, 0.25) is 5.02 Å². The maximum Gasteiger partial charge on any atom is 0.134 e. The summed E-state index contributed by atoms with van der Waals surface area (Å²) in [5.74, 6) is 0.849. The molecule has 1 aliphatic rings. The highest BCUT2D eigenvalue weighted by Crippen LogP contribution is 2.36. The second kappa shape index (κ2) is 3.59. The van der Waals surface area contributed by atoms with Crippen molar-refractivity contribution in [3.05, 3.63) is 28.8 Å². The first-order valence-corrected chi connectivity index (χ1v) is 5.13. The second-order valence-corrected chi connectivity index (χ2v) is 4.10. The Bertz CT molecular complexity index is 303. The number of phenols is 1. The SMILES string of the molecule is Oc1ccc(C2CCCC2)cc1Cl. The van der Waals surface area contributed by atoms with Crippen LogP contribution in [0.4, 0.5) is 0 Å². The summed E-state index contributed by atoms with van der Waals surface area (Å²) in [6, 6.07) is 5.57. The normalized spacial score (nSPS) is 17.9. The van der Waals surface area contributed by atoms with Crippen molar-refractivity contribution in [3.8, 4) is 5.75 Å². The first kappa shape index (κ1) is 8.89. The van der Waals surface area contributed by atoms with Crippen LogP contribution >= 0.6 is 11.6 Å². The molecule has 0 heterocycles. The van der Waals surface area contributed by atoms with Gasteiger partial charge in [-0.2, -0.15) is 0 Å². The Morgan fingerprint density at radius 3 is 2.54 bits per heavy atom. The van der Waals surface area contributed by atoms with Crippen LogP contribution in [0.1, 0.15) is 37.2 Å². The molecule has 13 heavy (non-hydrogen) atoms. The highest BCUT2D eigenvalue weighted by molar-refractivity contribution is 6.32. The largest absolute Gasteiger partial charge is 0.506 e. The Morgan fingerprint density at radius 2 is 1.92 bits per heavy atom. The van der Waals surface area contributed by atoms with Gasteiger partial charge < -0.3 is 5.11 Å². The predicted octanol–water partition coefficient (Wildman–Crippen LogP) is 3.70. The third kappa shape index (κ3) is 1.80. The van der Waals surface area contributed by atoms with E-state index in [1.807, 2.05) is 12.1 Å². The van der Waals surface area contributed by atoms with Gasteiger partial charge in [0, 0.05) is 0 Å². The first-order valence-electron chi connectivity index (χ1n) is 4.76. The fourth-order valence-corrected chi connectivity index (χ4v) is 2.23. The Kier molecular flexibility index (Phi) is 2.45.